The van der Waals surface area contributed by atoms with Crippen LogP contribution < -0.4 is 0 Å². The van der Waals surface area contributed by atoms with Gasteiger partial charge in [-0.05, 0) is 82.6 Å². The van der Waals surface area contributed by atoms with Gasteiger partial charge in [0, 0.05) is 44.1 Å². The van der Waals surface area contributed by atoms with Crippen molar-refractivity contribution in [2.24, 2.45) is 0 Å². The van der Waals surface area contributed by atoms with E-state index in [1.54, 1.807) is 0 Å². The van der Waals surface area contributed by atoms with Crippen LogP contribution in [0.1, 0.15) is 0 Å². The normalized spacial score (nSPS) is 11.8. The lowest BCUT2D eigenvalue weighted by atomic mass is 10.0. The third kappa shape index (κ3) is 5.75. The van der Waals surface area contributed by atoms with Gasteiger partial charge in [0.05, 0.1) is 16.4 Å². The summed E-state index contributed by atoms with van der Waals surface area (Å²) >= 11 is 0. The SMILES string of the molecule is c1ccc(-c2ccc(-c3nc(-c4ccc5ccc6oc7ccc8nc(-c9ccccc9)oc8c7c6c5c4)nc(-c4ccc5c6ccccc6n(-c6ccccc6)c5c4)n3)cc2)cc1. The summed E-state index contributed by atoms with van der Waals surface area (Å²) < 4.78 is 15.4. The van der Waals surface area contributed by atoms with Crippen molar-refractivity contribution in [1.82, 2.24) is 24.5 Å². The molecule has 7 nitrogen and oxygen atoms in total. The van der Waals surface area contributed by atoms with E-state index in [0.717, 1.165) is 93.7 Å². The van der Waals surface area contributed by atoms with Crippen LogP contribution in [-0.2, 0) is 0 Å². The Hall–Kier alpha value is -8.68. The highest BCUT2D eigenvalue weighted by Gasteiger charge is 2.21. The van der Waals surface area contributed by atoms with Crippen LogP contribution in [0.5, 0.6) is 0 Å². The van der Waals surface area contributed by atoms with E-state index in [0.29, 0.717) is 28.9 Å². The minimum atomic E-state index is 0.564. The molecule has 294 valence electrons. The van der Waals surface area contributed by atoms with Crippen molar-refractivity contribution in [3.63, 3.8) is 0 Å². The number of furan rings is 1. The fourth-order valence-corrected chi connectivity index (χ4v) is 9.07. The van der Waals surface area contributed by atoms with Gasteiger partial charge in [0.15, 0.2) is 23.1 Å². The van der Waals surface area contributed by atoms with Crippen molar-refractivity contribution in [2.45, 2.75) is 0 Å². The zero-order valence-corrected chi connectivity index (χ0v) is 33.6. The minimum absolute atomic E-state index is 0.564. The van der Waals surface area contributed by atoms with Crippen molar-refractivity contribution < 1.29 is 8.83 Å². The summed E-state index contributed by atoms with van der Waals surface area (Å²) in [5.74, 6) is 2.30. The number of oxazole rings is 1. The topological polar surface area (TPSA) is 82.8 Å². The van der Waals surface area contributed by atoms with Gasteiger partial charge in [-0.1, -0.05) is 140 Å². The maximum absolute atomic E-state index is 6.54. The van der Waals surface area contributed by atoms with Crippen LogP contribution in [0, 0.1) is 0 Å². The summed E-state index contributed by atoms with van der Waals surface area (Å²) in [5, 5.41) is 6.24. The molecule has 0 radical (unpaired) electrons. The van der Waals surface area contributed by atoms with E-state index in [9.17, 15) is 0 Å². The number of fused-ring (bicyclic) bond motifs is 10. The highest BCUT2D eigenvalue weighted by molar-refractivity contribution is 6.25. The second-order valence-electron chi connectivity index (χ2n) is 15.8. The quantitative estimate of drug-likeness (QED) is 0.166. The summed E-state index contributed by atoms with van der Waals surface area (Å²) in [4.78, 5) is 20.6. The number of hydrogen-bond acceptors (Lipinski definition) is 6. The summed E-state index contributed by atoms with van der Waals surface area (Å²) in [5.41, 5.74) is 12.1. The van der Waals surface area contributed by atoms with Crippen LogP contribution >= 0.6 is 0 Å². The molecule has 0 N–H and O–H groups in total. The van der Waals surface area contributed by atoms with Crippen LogP contribution in [0.3, 0.4) is 0 Å². The molecule has 4 aromatic heterocycles. The fourth-order valence-electron chi connectivity index (χ4n) is 9.07. The first-order valence-electron chi connectivity index (χ1n) is 21.0. The molecule has 4 heterocycles. The predicted molar refractivity (Wildman–Crippen MR) is 254 cm³/mol. The van der Waals surface area contributed by atoms with E-state index in [1.807, 2.05) is 60.7 Å². The number of rotatable bonds is 6. The van der Waals surface area contributed by atoms with Crippen molar-refractivity contribution in [3.05, 3.63) is 200 Å². The largest absolute Gasteiger partial charge is 0.456 e. The lowest BCUT2D eigenvalue weighted by molar-refractivity contribution is 0.622. The molecular weight excluding hydrogens is 775 g/mol. The molecule has 0 spiro atoms. The Morgan fingerprint density at radius 1 is 0.349 bits per heavy atom. The van der Waals surface area contributed by atoms with Crippen LogP contribution in [0.2, 0.25) is 0 Å². The Bertz CT molecular complexity index is 3890. The van der Waals surface area contributed by atoms with Crippen LogP contribution in [0.4, 0.5) is 0 Å². The van der Waals surface area contributed by atoms with Crippen LogP contribution in [0.15, 0.2) is 209 Å². The lowest BCUT2D eigenvalue weighted by Crippen LogP contribution is -2.00. The molecule has 0 atom stereocenters. The average molecular weight is 808 g/mol. The van der Waals surface area contributed by atoms with Crippen LogP contribution in [0.25, 0.3) is 128 Å². The number of nitrogens with zero attached hydrogens (tertiary/aromatic N) is 5. The van der Waals surface area contributed by atoms with Gasteiger partial charge in [-0.3, -0.25) is 0 Å². The zero-order valence-electron chi connectivity index (χ0n) is 33.6. The molecule has 13 aromatic rings. The first-order valence-corrected chi connectivity index (χ1v) is 21.0. The van der Waals surface area contributed by atoms with Crippen molar-refractivity contribution >= 4 is 65.6 Å². The zero-order chi connectivity index (χ0) is 41.4. The summed E-state index contributed by atoms with van der Waals surface area (Å²) in [6.45, 7) is 0. The summed E-state index contributed by atoms with van der Waals surface area (Å²) in [7, 11) is 0. The van der Waals surface area contributed by atoms with Gasteiger partial charge in [0.1, 0.15) is 16.7 Å². The van der Waals surface area contributed by atoms with Crippen molar-refractivity contribution in [2.75, 3.05) is 0 Å². The maximum Gasteiger partial charge on any atom is 0.227 e. The molecule has 0 amide bonds. The first-order chi connectivity index (χ1) is 31.2. The van der Waals surface area contributed by atoms with Gasteiger partial charge in [-0.25, -0.2) is 19.9 Å². The molecule has 0 aliphatic carbocycles. The Morgan fingerprint density at radius 2 is 0.905 bits per heavy atom. The summed E-state index contributed by atoms with van der Waals surface area (Å²) in [6.07, 6.45) is 0. The van der Waals surface area contributed by atoms with E-state index in [-0.39, 0.29) is 0 Å². The van der Waals surface area contributed by atoms with E-state index in [2.05, 4.69) is 144 Å². The average Bonchev–Trinajstić information content (AvgIpc) is 4.07. The fraction of sp³-hybridized carbons (Fsp3) is 0. The molecule has 0 fully saturated rings. The van der Waals surface area contributed by atoms with Crippen molar-refractivity contribution in [1.29, 1.82) is 0 Å². The Balaban J connectivity index is 1.02. The number of benzene rings is 9. The third-order valence-corrected chi connectivity index (χ3v) is 12.1. The first kappa shape index (κ1) is 35.1. The van der Waals surface area contributed by atoms with Gasteiger partial charge in [-0.2, -0.15) is 0 Å². The molecule has 0 bridgehead atoms. The molecule has 0 unspecified atom stereocenters. The Kier molecular flexibility index (Phi) is 7.77. The summed E-state index contributed by atoms with van der Waals surface area (Å²) in [6, 6.07) is 68.8. The second-order valence-corrected chi connectivity index (χ2v) is 15.8. The van der Waals surface area contributed by atoms with Crippen LogP contribution in [-0.4, -0.2) is 24.5 Å². The standard InChI is InChI=1S/C56H33N5O2/c1-4-12-34(13-5-1)35-20-23-37(24-21-35)53-58-54(60-55(59-53)40-26-28-43-42-18-10-11-19-46(42)61(47(43)33-40)41-16-8-3-9-17-41)39-25-22-36-27-30-48-50(44(36)32-39)51-49(62-48)31-29-45-52(51)63-56(57-45)38-14-6-2-7-15-38/h1-33H. The Labute approximate surface area is 360 Å². The third-order valence-electron chi connectivity index (χ3n) is 12.1. The van der Waals surface area contributed by atoms with Gasteiger partial charge in [0.25, 0.3) is 0 Å². The van der Waals surface area contributed by atoms with E-state index < -0.39 is 0 Å². The molecule has 7 heteroatoms. The van der Waals surface area contributed by atoms with E-state index in [1.165, 1.54) is 5.39 Å². The maximum atomic E-state index is 6.54. The minimum Gasteiger partial charge on any atom is -0.456 e. The molecule has 0 saturated carbocycles. The van der Waals surface area contributed by atoms with Crippen molar-refractivity contribution in [3.8, 4) is 62.4 Å². The molecule has 63 heavy (non-hydrogen) atoms. The highest BCUT2D eigenvalue weighted by Crippen LogP contribution is 2.42. The molecule has 0 saturated heterocycles. The van der Waals surface area contributed by atoms with Gasteiger partial charge in [0.2, 0.25) is 5.89 Å². The molecule has 0 aliphatic heterocycles. The van der Waals surface area contributed by atoms with E-state index >= 15 is 0 Å². The number of para-hydroxylation sites is 2. The second kappa shape index (κ2) is 13.9. The monoisotopic (exact) mass is 807 g/mol. The smallest absolute Gasteiger partial charge is 0.227 e. The predicted octanol–water partition coefficient (Wildman–Crippen LogP) is 14.5. The number of hydrogen-bond donors (Lipinski definition) is 0. The lowest BCUT2D eigenvalue weighted by Gasteiger charge is -2.11. The van der Waals surface area contributed by atoms with Gasteiger partial charge >= 0.3 is 0 Å². The van der Waals surface area contributed by atoms with Gasteiger partial charge < -0.3 is 13.4 Å². The molecular formula is C56H33N5O2. The van der Waals surface area contributed by atoms with E-state index in [4.69, 9.17) is 28.8 Å². The molecule has 13 rings (SSSR count). The van der Waals surface area contributed by atoms with Gasteiger partial charge in [-0.15, -0.1) is 0 Å². The number of aromatic nitrogens is 5. The molecule has 0 aliphatic rings. The Morgan fingerprint density at radius 3 is 1.68 bits per heavy atom. The highest BCUT2D eigenvalue weighted by atomic mass is 16.4. The molecule has 9 aromatic carbocycles.